The zero-order chi connectivity index (χ0) is 19.4. The van der Waals surface area contributed by atoms with Crippen molar-refractivity contribution in [2.75, 3.05) is 19.4 Å². The fraction of sp³-hybridized carbons (Fsp3) is 0.571. The predicted octanol–water partition coefficient (Wildman–Crippen LogP) is 3.46. The molecule has 0 radical (unpaired) electrons. The number of ether oxygens (including phenoxy) is 1. The zero-order valence-corrected chi connectivity index (χ0v) is 16.8. The number of piperidine rings is 2. The molecule has 3 rings (SSSR count). The van der Waals surface area contributed by atoms with E-state index in [0.717, 1.165) is 19.3 Å². The summed E-state index contributed by atoms with van der Waals surface area (Å²) in [5.74, 6) is 6.12. The summed E-state index contributed by atoms with van der Waals surface area (Å²) in [6.07, 6.45) is 6.43. The summed E-state index contributed by atoms with van der Waals surface area (Å²) in [5.41, 5.74) is 6.70. The van der Waals surface area contributed by atoms with Gasteiger partial charge in [0.1, 0.15) is 12.4 Å². The number of hydrogen-bond donors (Lipinski definition) is 2. The average molecular weight is 390 g/mol. The van der Waals surface area contributed by atoms with Crippen LogP contribution in [0.15, 0.2) is 12.1 Å². The van der Waals surface area contributed by atoms with Crippen molar-refractivity contribution in [1.29, 1.82) is 0 Å². The summed E-state index contributed by atoms with van der Waals surface area (Å²) in [6.45, 7) is 2.19. The Morgan fingerprint density at radius 3 is 2.70 bits per heavy atom. The Bertz CT molecular complexity index is 742. The van der Waals surface area contributed by atoms with Gasteiger partial charge in [0.2, 0.25) is 0 Å². The number of hydrogen-bond acceptors (Lipinski definition) is 4. The molecule has 2 fully saturated rings. The van der Waals surface area contributed by atoms with Gasteiger partial charge in [-0.25, -0.2) is 0 Å². The van der Waals surface area contributed by atoms with Crippen LogP contribution in [-0.2, 0) is 0 Å². The molecule has 2 heterocycles. The first-order valence-electron chi connectivity index (χ1n) is 9.70. The van der Waals surface area contributed by atoms with E-state index in [2.05, 4.69) is 29.1 Å². The Morgan fingerprint density at radius 2 is 2.04 bits per heavy atom. The number of nitrogens with one attached hydrogen (secondary N) is 1. The van der Waals surface area contributed by atoms with E-state index < -0.39 is 0 Å². The first-order chi connectivity index (χ1) is 13.0. The van der Waals surface area contributed by atoms with E-state index in [-0.39, 0.29) is 18.6 Å². The largest absolute Gasteiger partial charge is 0.480 e. The third-order valence-electron chi connectivity index (χ3n) is 5.62. The standard InChI is InChI=1S/C21H28ClN3O2/c1-3-4-5-9-27-20-13-19(23)18(22)12-17(20)21(26)24-14-10-15-7-6-8-16(11-14)25(15)2/h12-16H,3,6-11,23H2,1-2H3,(H,24,26). The van der Waals surface area contributed by atoms with Gasteiger partial charge in [-0.05, 0) is 38.8 Å². The highest BCUT2D eigenvalue weighted by Gasteiger charge is 2.36. The number of rotatable bonds is 4. The fourth-order valence-electron chi connectivity index (χ4n) is 4.15. The van der Waals surface area contributed by atoms with Crippen molar-refractivity contribution in [2.45, 2.75) is 63.6 Å². The minimum Gasteiger partial charge on any atom is -0.480 e. The molecule has 2 aliphatic heterocycles. The van der Waals surface area contributed by atoms with Crippen LogP contribution in [0.2, 0.25) is 5.02 Å². The SMILES string of the molecule is CCC#CCOc1cc(N)c(Cl)cc1C(=O)NC1CC2CCCC(C1)N2C. The van der Waals surface area contributed by atoms with Crippen molar-refractivity contribution in [1.82, 2.24) is 10.2 Å². The Balaban J connectivity index is 1.72. The molecule has 0 saturated carbocycles. The summed E-state index contributed by atoms with van der Waals surface area (Å²) in [5, 5.41) is 3.55. The van der Waals surface area contributed by atoms with Crippen molar-refractivity contribution in [3.05, 3.63) is 22.7 Å². The topological polar surface area (TPSA) is 67.6 Å². The van der Waals surface area contributed by atoms with Gasteiger partial charge in [-0.3, -0.25) is 4.79 Å². The molecule has 5 nitrogen and oxygen atoms in total. The molecule has 2 unspecified atom stereocenters. The van der Waals surface area contributed by atoms with Gasteiger partial charge >= 0.3 is 0 Å². The van der Waals surface area contributed by atoms with E-state index in [4.69, 9.17) is 22.1 Å². The van der Waals surface area contributed by atoms with E-state index in [1.807, 2.05) is 6.92 Å². The molecule has 2 atom stereocenters. The normalized spacial score (nSPS) is 24.6. The van der Waals surface area contributed by atoms with Crippen LogP contribution >= 0.6 is 11.6 Å². The summed E-state index contributed by atoms with van der Waals surface area (Å²) in [4.78, 5) is 15.4. The minimum absolute atomic E-state index is 0.164. The molecule has 2 saturated heterocycles. The maximum atomic E-state index is 12.9. The van der Waals surface area contributed by atoms with E-state index in [1.54, 1.807) is 12.1 Å². The maximum absolute atomic E-state index is 12.9. The minimum atomic E-state index is -0.164. The van der Waals surface area contributed by atoms with Crippen molar-refractivity contribution >= 4 is 23.2 Å². The van der Waals surface area contributed by atoms with Gasteiger partial charge in [-0.15, -0.1) is 5.92 Å². The van der Waals surface area contributed by atoms with Crippen molar-refractivity contribution in [3.63, 3.8) is 0 Å². The van der Waals surface area contributed by atoms with Crippen LogP contribution in [-0.4, -0.2) is 42.6 Å². The van der Waals surface area contributed by atoms with E-state index >= 15 is 0 Å². The van der Waals surface area contributed by atoms with Crippen molar-refractivity contribution in [3.8, 4) is 17.6 Å². The van der Waals surface area contributed by atoms with Crippen LogP contribution in [0.1, 0.15) is 55.8 Å². The Morgan fingerprint density at radius 1 is 1.33 bits per heavy atom. The number of amides is 1. The van der Waals surface area contributed by atoms with E-state index in [9.17, 15) is 4.79 Å². The van der Waals surface area contributed by atoms with Gasteiger partial charge < -0.3 is 20.7 Å². The number of carbonyl (C=O) groups is 1. The van der Waals surface area contributed by atoms with Crippen molar-refractivity contribution in [2.24, 2.45) is 0 Å². The highest BCUT2D eigenvalue weighted by atomic mass is 35.5. The number of benzene rings is 1. The number of fused-ring (bicyclic) bond motifs is 2. The second-order valence-corrected chi connectivity index (χ2v) is 7.82. The highest BCUT2D eigenvalue weighted by Crippen LogP contribution is 2.33. The van der Waals surface area contributed by atoms with Gasteiger partial charge in [0.15, 0.2) is 0 Å². The highest BCUT2D eigenvalue weighted by molar-refractivity contribution is 6.33. The van der Waals surface area contributed by atoms with Gasteiger partial charge in [-0.2, -0.15) is 0 Å². The maximum Gasteiger partial charge on any atom is 0.255 e. The molecule has 0 aliphatic carbocycles. The smallest absolute Gasteiger partial charge is 0.255 e. The molecule has 1 aromatic rings. The summed E-state index contributed by atoms with van der Waals surface area (Å²) < 4.78 is 5.70. The molecule has 0 spiro atoms. The van der Waals surface area contributed by atoms with Crippen LogP contribution in [0, 0.1) is 11.8 Å². The van der Waals surface area contributed by atoms with Crippen LogP contribution in [0.4, 0.5) is 5.69 Å². The molecule has 6 heteroatoms. The number of anilines is 1. The third kappa shape index (κ3) is 4.69. The van der Waals surface area contributed by atoms with Crippen molar-refractivity contribution < 1.29 is 9.53 Å². The Kier molecular flexibility index (Phi) is 6.51. The number of nitrogens with zero attached hydrogens (tertiary/aromatic N) is 1. The zero-order valence-electron chi connectivity index (χ0n) is 16.1. The Hall–Kier alpha value is -1.90. The van der Waals surface area contributed by atoms with E-state index in [0.29, 0.717) is 34.1 Å². The number of carbonyl (C=O) groups excluding carboxylic acids is 1. The first-order valence-corrected chi connectivity index (χ1v) is 10.1. The monoisotopic (exact) mass is 389 g/mol. The number of nitrogen functional groups attached to an aromatic ring is 1. The van der Waals surface area contributed by atoms with Crippen LogP contribution < -0.4 is 15.8 Å². The van der Waals surface area contributed by atoms with Gasteiger partial charge in [0.25, 0.3) is 5.91 Å². The molecular weight excluding hydrogens is 362 g/mol. The second kappa shape index (κ2) is 8.86. The lowest BCUT2D eigenvalue weighted by atomic mass is 9.82. The fourth-order valence-corrected chi connectivity index (χ4v) is 4.32. The average Bonchev–Trinajstić information content (AvgIpc) is 2.62. The summed E-state index contributed by atoms with van der Waals surface area (Å²) in [6, 6.07) is 4.47. The van der Waals surface area contributed by atoms with Crippen LogP contribution in [0.25, 0.3) is 0 Å². The third-order valence-corrected chi connectivity index (χ3v) is 5.95. The second-order valence-electron chi connectivity index (χ2n) is 7.41. The molecule has 1 amide bonds. The first kappa shape index (κ1) is 19.9. The lowest BCUT2D eigenvalue weighted by Crippen LogP contribution is -2.55. The molecule has 3 N–H and O–H groups in total. The molecular formula is C21H28ClN3O2. The molecule has 1 aromatic carbocycles. The number of halogens is 1. The van der Waals surface area contributed by atoms with Gasteiger partial charge in [0.05, 0.1) is 16.3 Å². The van der Waals surface area contributed by atoms with Crippen LogP contribution in [0.3, 0.4) is 0 Å². The number of nitrogens with two attached hydrogens (primary N) is 1. The van der Waals surface area contributed by atoms with Gasteiger partial charge in [0, 0.05) is 30.6 Å². The predicted molar refractivity (Wildman–Crippen MR) is 109 cm³/mol. The van der Waals surface area contributed by atoms with Gasteiger partial charge in [-0.1, -0.05) is 30.9 Å². The molecule has 2 aliphatic rings. The lowest BCUT2D eigenvalue weighted by molar-refractivity contribution is 0.0462. The molecule has 27 heavy (non-hydrogen) atoms. The molecule has 146 valence electrons. The molecule has 2 bridgehead atoms. The lowest BCUT2D eigenvalue weighted by Gasteiger charge is -2.47. The quantitative estimate of drug-likeness (QED) is 0.611. The van der Waals surface area contributed by atoms with E-state index in [1.165, 1.54) is 19.3 Å². The summed E-state index contributed by atoms with van der Waals surface area (Å²) in [7, 11) is 2.20. The van der Waals surface area contributed by atoms with Crippen LogP contribution in [0.5, 0.6) is 5.75 Å². The molecule has 0 aromatic heterocycles. The Labute approximate surface area is 166 Å². The summed E-state index contributed by atoms with van der Waals surface area (Å²) >= 11 is 6.16.